The first kappa shape index (κ1) is 12.9. The highest BCUT2D eigenvalue weighted by atomic mass is 16.4. The second kappa shape index (κ2) is 8.53. The van der Waals surface area contributed by atoms with Crippen LogP contribution < -0.4 is 0 Å². The van der Waals surface area contributed by atoms with Crippen molar-refractivity contribution >= 4 is 11.9 Å². The SMILES string of the molecule is CC.ON=C/C(=N/O)C1CCCCC1. The molecule has 1 saturated carbocycles. The van der Waals surface area contributed by atoms with E-state index in [2.05, 4.69) is 10.3 Å². The minimum Gasteiger partial charge on any atom is -0.411 e. The predicted octanol–water partition coefficient (Wildman–Crippen LogP) is 2.88. The number of oxime groups is 2. The molecule has 0 atom stereocenters. The van der Waals surface area contributed by atoms with Gasteiger partial charge in [0.2, 0.25) is 0 Å². The van der Waals surface area contributed by atoms with Crippen LogP contribution >= 0.6 is 0 Å². The Morgan fingerprint density at radius 1 is 1.14 bits per heavy atom. The molecule has 1 rings (SSSR count). The van der Waals surface area contributed by atoms with Crippen LogP contribution in [0.2, 0.25) is 0 Å². The molecule has 0 aliphatic heterocycles. The summed E-state index contributed by atoms with van der Waals surface area (Å²) in [6, 6.07) is 0. The summed E-state index contributed by atoms with van der Waals surface area (Å²) in [5.41, 5.74) is 0.497. The van der Waals surface area contributed by atoms with E-state index >= 15 is 0 Å². The van der Waals surface area contributed by atoms with Gasteiger partial charge < -0.3 is 10.4 Å². The summed E-state index contributed by atoms with van der Waals surface area (Å²) in [6.07, 6.45) is 6.88. The molecular formula is C10H20N2O2. The fraction of sp³-hybridized carbons (Fsp3) is 0.800. The topological polar surface area (TPSA) is 65.2 Å². The van der Waals surface area contributed by atoms with E-state index in [9.17, 15) is 0 Å². The summed E-state index contributed by atoms with van der Waals surface area (Å²) in [5, 5.41) is 22.8. The molecule has 4 heteroatoms. The van der Waals surface area contributed by atoms with Crippen LogP contribution in [0.1, 0.15) is 46.0 Å². The zero-order valence-corrected chi connectivity index (χ0v) is 8.98. The van der Waals surface area contributed by atoms with Crippen molar-refractivity contribution in [1.82, 2.24) is 0 Å². The van der Waals surface area contributed by atoms with Gasteiger partial charge in [-0.2, -0.15) is 0 Å². The fourth-order valence-electron chi connectivity index (χ4n) is 1.67. The monoisotopic (exact) mass is 200 g/mol. The standard InChI is InChI=1S/C8H14N2O2.C2H6/c11-9-6-8(10-12)7-4-2-1-3-5-7;1-2/h6-7,11-12H,1-5H2;1-2H3/b9-6?,10-8-;. The average Bonchev–Trinajstić information content (AvgIpc) is 2.30. The maximum absolute atomic E-state index is 8.59. The molecule has 0 radical (unpaired) electrons. The van der Waals surface area contributed by atoms with Gasteiger partial charge in [-0.25, -0.2) is 0 Å². The van der Waals surface area contributed by atoms with Gasteiger partial charge in [0.1, 0.15) is 5.71 Å². The molecule has 0 spiro atoms. The van der Waals surface area contributed by atoms with Crippen LogP contribution in [0.4, 0.5) is 0 Å². The lowest BCUT2D eigenvalue weighted by molar-refractivity contribution is 0.308. The van der Waals surface area contributed by atoms with E-state index in [1.54, 1.807) is 0 Å². The van der Waals surface area contributed by atoms with Gasteiger partial charge in [0.15, 0.2) is 0 Å². The van der Waals surface area contributed by atoms with Crippen LogP contribution in [0.3, 0.4) is 0 Å². The highest BCUT2D eigenvalue weighted by Gasteiger charge is 2.18. The molecule has 0 heterocycles. The Morgan fingerprint density at radius 2 is 1.71 bits per heavy atom. The molecule has 0 saturated heterocycles. The second-order valence-corrected chi connectivity index (χ2v) is 3.10. The summed E-state index contributed by atoms with van der Waals surface area (Å²) >= 11 is 0. The van der Waals surface area contributed by atoms with Crippen LogP contribution in [0.25, 0.3) is 0 Å². The summed E-state index contributed by atoms with van der Waals surface area (Å²) in [6.45, 7) is 4.00. The molecule has 0 aromatic rings. The van der Waals surface area contributed by atoms with Crippen molar-refractivity contribution in [3.63, 3.8) is 0 Å². The van der Waals surface area contributed by atoms with E-state index in [4.69, 9.17) is 10.4 Å². The van der Waals surface area contributed by atoms with E-state index in [-0.39, 0.29) is 5.92 Å². The Balaban J connectivity index is 0.000000791. The van der Waals surface area contributed by atoms with Crippen molar-refractivity contribution < 1.29 is 10.4 Å². The Labute approximate surface area is 85.3 Å². The minimum atomic E-state index is 0.277. The minimum absolute atomic E-state index is 0.277. The van der Waals surface area contributed by atoms with Gasteiger partial charge >= 0.3 is 0 Å². The molecule has 1 aliphatic rings. The lowest BCUT2D eigenvalue weighted by Gasteiger charge is -2.19. The van der Waals surface area contributed by atoms with Crippen molar-refractivity contribution in [2.45, 2.75) is 46.0 Å². The van der Waals surface area contributed by atoms with E-state index in [1.165, 1.54) is 25.5 Å². The third kappa shape index (κ3) is 4.25. The van der Waals surface area contributed by atoms with E-state index in [0.29, 0.717) is 5.71 Å². The van der Waals surface area contributed by atoms with E-state index in [0.717, 1.165) is 12.8 Å². The van der Waals surface area contributed by atoms with Gasteiger partial charge in [-0.1, -0.05) is 43.4 Å². The molecule has 4 nitrogen and oxygen atoms in total. The average molecular weight is 200 g/mol. The maximum Gasteiger partial charge on any atom is 0.104 e. The Morgan fingerprint density at radius 3 is 2.14 bits per heavy atom. The Bertz CT molecular complexity index is 185. The maximum atomic E-state index is 8.59. The molecule has 1 aliphatic carbocycles. The van der Waals surface area contributed by atoms with Crippen molar-refractivity contribution in [3.8, 4) is 0 Å². The molecule has 0 bridgehead atoms. The molecule has 0 aromatic heterocycles. The lowest BCUT2D eigenvalue weighted by atomic mass is 9.86. The zero-order chi connectivity index (χ0) is 10.8. The van der Waals surface area contributed by atoms with E-state index < -0.39 is 0 Å². The van der Waals surface area contributed by atoms with Crippen molar-refractivity contribution in [1.29, 1.82) is 0 Å². The summed E-state index contributed by atoms with van der Waals surface area (Å²) in [4.78, 5) is 0. The zero-order valence-electron chi connectivity index (χ0n) is 8.98. The van der Waals surface area contributed by atoms with Crippen LogP contribution in [-0.4, -0.2) is 22.3 Å². The summed E-state index contributed by atoms with van der Waals surface area (Å²) in [7, 11) is 0. The normalized spacial score (nSPS) is 19.1. The number of hydrogen-bond donors (Lipinski definition) is 2. The molecule has 1 fully saturated rings. The molecule has 0 aromatic carbocycles. The summed E-state index contributed by atoms with van der Waals surface area (Å²) < 4.78 is 0. The Hall–Kier alpha value is -1.06. The summed E-state index contributed by atoms with van der Waals surface area (Å²) in [5.74, 6) is 0.277. The molecule has 0 amide bonds. The highest BCUT2D eigenvalue weighted by molar-refractivity contribution is 6.31. The molecule has 82 valence electrons. The van der Waals surface area contributed by atoms with Gasteiger partial charge in [0.05, 0.1) is 6.21 Å². The van der Waals surface area contributed by atoms with Crippen LogP contribution in [0, 0.1) is 5.92 Å². The number of nitrogens with zero attached hydrogens (tertiary/aromatic N) is 2. The van der Waals surface area contributed by atoms with Crippen molar-refractivity contribution in [2.75, 3.05) is 0 Å². The molecule has 2 N–H and O–H groups in total. The number of rotatable bonds is 2. The largest absolute Gasteiger partial charge is 0.411 e. The first-order valence-corrected chi connectivity index (χ1v) is 5.28. The highest BCUT2D eigenvalue weighted by Crippen LogP contribution is 2.24. The Kier molecular flexibility index (Phi) is 7.89. The van der Waals surface area contributed by atoms with Gasteiger partial charge in [-0.05, 0) is 12.8 Å². The van der Waals surface area contributed by atoms with Gasteiger partial charge in [0.25, 0.3) is 0 Å². The third-order valence-corrected chi connectivity index (χ3v) is 2.33. The quantitative estimate of drug-likeness (QED) is 0.409. The van der Waals surface area contributed by atoms with Crippen LogP contribution in [0.5, 0.6) is 0 Å². The number of hydrogen-bond acceptors (Lipinski definition) is 4. The predicted molar refractivity (Wildman–Crippen MR) is 57.4 cm³/mol. The lowest BCUT2D eigenvalue weighted by Crippen LogP contribution is -2.19. The second-order valence-electron chi connectivity index (χ2n) is 3.10. The first-order valence-electron chi connectivity index (χ1n) is 5.28. The first-order chi connectivity index (χ1) is 6.88. The van der Waals surface area contributed by atoms with Gasteiger partial charge in [-0.15, -0.1) is 0 Å². The van der Waals surface area contributed by atoms with Crippen molar-refractivity contribution in [2.24, 2.45) is 16.2 Å². The van der Waals surface area contributed by atoms with Crippen LogP contribution in [-0.2, 0) is 0 Å². The van der Waals surface area contributed by atoms with Crippen molar-refractivity contribution in [3.05, 3.63) is 0 Å². The molecule has 14 heavy (non-hydrogen) atoms. The van der Waals surface area contributed by atoms with E-state index in [1.807, 2.05) is 13.8 Å². The molecular weight excluding hydrogens is 180 g/mol. The molecule has 0 unspecified atom stereocenters. The fourth-order valence-corrected chi connectivity index (χ4v) is 1.67. The van der Waals surface area contributed by atoms with Gasteiger partial charge in [0, 0.05) is 5.92 Å². The smallest absolute Gasteiger partial charge is 0.104 e. The third-order valence-electron chi connectivity index (χ3n) is 2.33. The van der Waals surface area contributed by atoms with Crippen LogP contribution in [0.15, 0.2) is 10.3 Å². The van der Waals surface area contributed by atoms with Gasteiger partial charge in [-0.3, -0.25) is 0 Å².